The summed E-state index contributed by atoms with van der Waals surface area (Å²) in [5.74, 6) is -0.0935. The maximum absolute atomic E-state index is 12.3. The molecule has 0 aliphatic heterocycles. The summed E-state index contributed by atoms with van der Waals surface area (Å²) in [6.07, 6.45) is 3.27. The van der Waals surface area contributed by atoms with Crippen LogP contribution in [0.3, 0.4) is 0 Å². The number of hydrogen-bond donors (Lipinski definition) is 2. The number of hydrogen-bond acceptors (Lipinski definition) is 3. The molecule has 0 bridgehead atoms. The quantitative estimate of drug-likeness (QED) is 0.732. The van der Waals surface area contributed by atoms with Gasteiger partial charge in [0.05, 0.1) is 12.1 Å². The van der Waals surface area contributed by atoms with E-state index < -0.39 is 0 Å². The Hall–Kier alpha value is -1.68. The molecule has 0 spiro atoms. The molecule has 116 valence electrons. The van der Waals surface area contributed by atoms with Crippen LogP contribution in [0.2, 0.25) is 0 Å². The van der Waals surface area contributed by atoms with E-state index in [1.54, 1.807) is 7.05 Å². The molecule has 21 heavy (non-hydrogen) atoms. The van der Waals surface area contributed by atoms with E-state index in [0.29, 0.717) is 12.8 Å². The second-order valence-corrected chi connectivity index (χ2v) is 5.35. The van der Waals surface area contributed by atoms with E-state index in [2.05, 4.69) is 17.6 Å². The predicted molar refractivity (Wildman–Crippen MR) is 85.1 cm³/mol. The van der Waals surface area contributed by atoms with Gasteiger partial charge in [-0.2, -0.15) is 0 Å². The van der Waals surface area contributed by atoms with Gasteiger partial charge in [0.15, 0.2) is 5.78 Å². The van der Waals surface area contributed by atoms with Gasteiger partial charge in [-0.15, -0.1) is 0 Å². The van der Waals surface area contributed by atoms with Crippen molar-refractivity contribution in [3.05, 3.63) is 35.9 Å². The molecule has 0 heterocycles. The largest absolute Gasteiger partial charge is 0.345 e. The Kier molecular flexibility index (Phi) is 7.69. The minimum absolute atomic E-state index is 0.0198. The molecule has 4 heteroatoms. The van der Waals surface area contributed by atoms with Crippen LogP contribution in [0, 0.1) is 0 Å². The standard InChI is InChI=1S/C17H26N2O2/c1-4-5-11-15(13(2)20)19-17(21)16(18-3)12-14-9-7-6-8-10-14/h6-10,15-16,18H,4-5,11-12H2,1-3H3,(H,19,21). The maximum atomic E-state index is 12.3. The van der Waals surface area contributed by atoms with Crippen molar-refractivity contribution in [2.24, 2.45) is 0 Å². The number of rotatable bonds is 9. The van der Waals surface area contributed by atoms with Crippen LogP contribution in [-0.2, 0) is 16.0 Å². The molecule has 0 radical (unpaired) electrons. The Bertz CT molecular complexity index is 445. The zero-order valence-electron chi connectivity index (χ0n) is 13.2. The minimum Gasteiger partial charge on any atom is -0.345 e. The van der Waals surface area contributed by atoms with Crippen LogP contribution in [0.15, 0.2) is 30.3 Å². The predicted octanol–water partition coefficient (Wildman–Crippen LogP) is 2.08. The molecule has 4 nitrogen and oxygen atoms in total. The van der Waals surface area contributed by atoms with Crippen LogP contribution in [0.25, 0.3) is 0 Å². The fourth-order valence-electron chi connectivity index (χ4n) is 2.23. The number of unbranched alkanes of at least 4 members (excludes halogenated alkanes) is 1. The Morgan fingerprint density at radius 2 is 1.81 bits per heavy atom. The molecule has 0 aliphatic carbocycles. The van der Waals surface area contributed by atoms with Crippen LogP contribution in [-0.4, -0.2) is 30.8 Å². The van der Waals surface area contributed by atoms with Crippen molar-refractivity contribution < 1.29 is 9.59 Å². The van der Waals surface area contributed by atoms with Gasteiger partial charge >= 0.3 is 0 Å². The first-order chi connectivity index (χ1) is 10.1. The molecule has 1 aromatic carbocycles. The third-order valence-electron chi connectivity index (χ3n) is 3.60. The number of amides is 1. The van der Waals surface area contributed by atoms with Gasteiger partial charge in [0.1, 0.15) is 0 Å². The van der Waals surface area contributed by atoms with E-state index in [9.17, 15) is 9.59 Å². The van der Waals surface area contributed by atoms with E-state index in [0.717, 1.165) is 18.4 Å². The number of ketones is 1. The Morgan fingerprint density at radius 3 is 2.33 bits per heavy atom. The number of carbonyl (C=O) groups is 2. The first-order valence-corrected chi connectivity index (χ1v) is 7.60. The van der Waals surface area contributed by atoms with Crippen molar-refractivity contribution in [1.82, 2.24) is 10.6 Å². The van der Waals surface area contributed by atoms with Gasteiger partial charge in [-0.25, -0.2) is 0 Å². The molecular formula is C17H26N2O2. The van der Waals surface area contributed by atoms with Gasteiger partial charge in [-0.05, 0) is 32.4 Å². The summed E-state index contributed by atoms with van der Waals surface area (Å²) in [6, 6.07) is 9.17. The average Bonchev–Trinajstić information content (AvgIpc) is 2.49. The highest BCUT2D eigenvalue weighted by atomic mass is 16.2. The van der Waals surface area contributed by atoms with Crippen LogP contribution in [0.5, 0.6) is 0 Å². The normalized spacial score (nSPS) is 13.5. The van der Waals surface area contributed by atoms with Crippen molar-refractivity contribution in [2.45, 2.75) is 51.6 Å². The Morgan fingerprint density at radius 1 is 1.14 bits per heavy atom. The highest BCUT2D eigenvalue weighted by Crippen LogP contribution is 2.06. The number of benzene rings is 1. The summed E-state index contributed by atoms with van der Waals surface area (Å²) in [5.41, 5.74) is 1.10. The van der Waals surface area contributed by atoms with Crippen molar-refractivity contribution in [1.29, 1.82) is 0 Å². The smallest absolute Gasteiger partial charge is 0.238 e. The molecule has 0 aliphatic rings. The lowest BCUT2D eigenvalue weighted by Gasteiger charge is -2.21. The zero-order valence-corrected chi connectivity index (χ0v) is 13.2. The van der Waals surface area contributed by atoms with Crippen molar-refractivity contribution in [3.63, 3.8) is 0 Å². The fraction of sp³-hybridized carbons (Fsp3) is 0.529. The first kappa shape index (κ1) is 17.4. The van der Waals surface area contributed by atoms with Crippen molar-refractivity contribution in [2.75, 3.05) is 7.05 Å². The summed E-state index contributed by atoms with van der Waals surface area (Å²) in [7, 11) is 1.77. The molecule has 0 aromatic heterocycles. The molecular weight excluding hydrogens is 264 g/mol. The minimum atomic E-state index is -0.371. The van der Waals surface area contributed by atoms with Gasteiger partial charge in [-0.3, -0.25) is 9.59 Å². The topological polar surface area (TPSA) is 58.2 Å². The van der Waals surface area contributed by atoms with Gasteiger partial charge in [0.25, 0.3) is 0 Å². The number of Topliss-reactive ketones (excluding diaryl/α,β-unsaturated/α-hetero) is 1. The second-order valence-electron chi connectivity index (χ2n) is 5.35. The Labute approximate surface area is 127 Å². The van der Waals surface area contributed by atoms with Crippen molar-refractivity contribution >= 4 is 11.7 Å². The number of carbonyl (C=O) groups excluding carboxylic acids is 2. The Balaban J connectivity index is 2.62. The summed E-state index contributed by atoms with van der Waals surface area (Å²) >= 11 is 0. The SMILES string of the molecule is CCCCC(NC(=O)C(Cc1ccccc1)NC)C(C)=O. The molecule has 2 unspecified atom stereocenters. The summed E-state index contributed by atoms with van der Waals surface area (Å²) < 4.78 is 0. The summed E-state index contributed by atoms with van der Waals surface area (Å²) in [5, 5.41) is 5.90. The third-order valence-corrected chi connectivity index (χ3v) is 3.60. The second kappa shape index (κ2) is 9.29. The molecule has 1 aromatic rings. The summed E-state index contributed by atoms with van der Waals surface area (Å²) in [6.45, 7) is 3.61. The fourth-order valence-corrected chi connectivity index (χ4v) is 2.23. The highest BCUT2D eigenvalue weighted by molar-refractivity contribution is 5.89. The lowest BCUT2D eigenvalue weighted by atomic mass is 10.0. The van der Waals surface area contributed by atoms with E-state index in [-0.39, 0.29) is 23.8 Å². The highest BCUT2D eigenvalue weighted by Gasteiger charge is 2.22. The van der Waals surface area contributed by atoms with Gasteiger partial charge in [-0.1, -0.05) is 50.1 Å². The van der Waals surface area contributed by atoms with E-state index in [4.69, 9.17) is 0 Å². The summed E-state index contributed by atoms with van der Waals surface area (Å²) in [4.78, 5) is 24.0. The number of nitrogens with one attached hydrogen (secondary N) is 2. The molecule has 0 fully saturated rings. The van der Waals surface area contributed by atoms with E-state index >= 15 is 0 Å². The first-order valence-electron chi connectivity index (χ1n) is 7.60. The van der Waals surface area contributed by atoms with Crippen LogP contribution < -0.4 is 10.6 Å². The molecule has 2 atom stereocenters. The monoisotopic (exact) mass is 290 g/mol. The molecule has 1 amide bonds. The lowest BCUT2D eigenvalue weighted by Crippen LogP contribution is -2.49. The lowest BCUT2D eigenvalue weighted by molar-refractivity contribution is -0.128. The van der Waals surface area contributed by atoms with Crippen LogP contribution >= 0.6 is 0 Å². The van der Waals surface area contributed by atoms with Crippen molar-refractivity contribution in [3.8, 4) is 0 Å². The number of likely N-dealkylation sites (N-methyl/N-ethyl adjacent to an activating group) is 1. The van der Waals surface area contributed by atoms with Gasteiger partial charge < -0.3 is 10.6 Å². The van der Waals surface area contributed by atoms with Crippen LogP contribution in [0.1, 0.15) is 38.7 Å². The molecule has 0 saturated heterocycles. The van der Waals surface area contributed by atoms with Gasteiger partial charge in [0, 0.05) is 0 Å². The molecule has 0 saturated carbocycles. The van der Waals surface area contributed by atoms with Crippen LogP contribution in [0.4, 0.5) is 0 Å². The van der Waals surface area contributed by atoms with E-state index in [1.807, 2.05) is 30.3 Å². The van der Waals surface area contributed by atoms with Gasteiger partial charge in [0.2, 0.25) is 5.91 Å². The average molecular weight is 290 g/mol. The third kappa shape index (κ3) is 6.08. The van der Waals surface area contributed by atoms with E-state index in [1.165, 1.54) is 6.92 Å². The molecule has 2 N–H and O–H groups in total. The maximum Gasteiger partial charge on any atom is 0.238 e. The molecule has 1 rings (SSSR count). The zero-order chi connectivity index (χ0) is 15.7.